The van der Waals surface area contributed by atoms with E-state index in [9.17, 15) is 5.11 Å². The molecule has 29 heavy (non-hydrogen) atoms. The molecule has 0 bridgehead atoms. The van der Waals surface area contributed by atoms with E-state index < -0.39 is 13.7 Å². The van der Waals surface area contributed by atoms with Crippen LogP contribution in [0.15, 0.2) is 42.7 Å². The van der Waals surface area contributed by atoms with Gasteiger partial charge in [-0.05, 0) is 30.2 Å². The molecule has 0 saturated carbocycles. The van der Waals surface area contributed by atoms with Crippen molar-refractivity contribution in [3.63, 3.8) is 0 Å². The number of aliphatic hydroxyl groups is 1. The summed E-state index contributed by atoms with van der Waals surface area (Å²) < 4.78 is 0. The standard InChI is InChI=1S/C25H34N2OSi/c1-19(2)21-8-10-22(11-9-21)25(28,24(3)17-27(4)18-24)23-14-20(15-26-16-23)12-13-29(5,6)7/h8-11,14-16,19,28H,17-18H2,1-7H3. The maximum absolute atomic E-state index is 12.2. The minimum Gasteiger partial charge on any atom is -0.380 e. The molecule has 0 spiro atoms. The molecule has 1 saturated heterocycles. The highest BCUT2D eigenvalue weighted by molar-refractivity contribution is 6.83. The van der Waals surface area contributed by atoms with Gasteiger partial charge in [0.2, 0.25) is 0 Å². The number of pyridine rings is 1. The van der Waals surface area contributed by atoms with E-state index >= 15 is 0 Å². The lowest BCUT2D eigenvalue weighted by Gasteiger charge is -2.55. The van der Waals surface area contributed by atoms with Crippen LogP contribution in [0.2, 0.25) is 19.6 Å². The minimum absolute atomic E-state index is 0.284. The predicted octanol–water partition coefficient (Wildman–Crippen LogP) is 4.62. The van der Waals surface area contributed by atoms with Crippen molar-refractivity contribution in [1.82, 2.24) is 9.88 Å². The van der Waals surface area contributed by atoms with E-state index in [1.165, 1.54) is 5.56 Å². The molecule has 3 nitrogen and oxygen atoms in total. The second-order valence-electron chi connectivity index (χ2n) is 10.2. The molecule has 1 N–H and O–H groups in total. The molecule has 1 aromatic carbocycles. The van der Waals surface area contributed by atoms with Gasteiger partial charge in [-0.3, -0.25) is 4.98 Å². The van der Waals surface area contributed by atoms with E-state index in [0.717, 1.165) is 29.8 Å². The average Bonchev–Trinajstić information content (AvgIpc) is 2.64. The summed E-state index contributed by atoms with van der Waals surface area (Å²) in [5.41, 5.74) is 5.92. The summed E-state index contributed by atoms with van der Waals surface area (Å²) in [6.45, 7) is 14.9. The second kappa shape index (κ2) is 7.72. The van der Waals surface area contributed by atoms with Crippen LogP contribution < -0.4 is 0 Å². The number of rotatable bonds is 4. The highest BCUT2D eigenvalue weighted by Gasteiger charge is 2.55. The Labute approximate surface area is 177 Å². The van der Waals surface area contributed by atoms with E-state index in [2.05, 4.69) is 93.1 Å². The third-order valence-electron chi connectivity index (χ3n) is 5.84. The van der Waals surface area contributed by atoms with Crippen LogP contribution in [-0.4, -0.2) is 43.2 Å². The van der Waals surface area contributed by atoms with Crippen LogP contribution in [0, 0.1) is 16.9 Å². The van der Waals surface area contributed by atoms with Gasteiger partial charge in [0.05, 0.1) is 0 Å². The molecule has 0 radical (unpaired) electrons. The van der Waals surface area contributed by atoms with Gasteiger partial charge in [-0.1, -0.05) is 70.6 Å². The summed E-state index contributed by atoms with van der Waals surface area (Å²) in [7, 11) is 0.612. The molecule has 1 aliphatic heterocycles. The summed E-state index contributed by atoms with van der Waals surface area (Å²) in [5, 5.41) is 12.2. The molecule has 0 aliphatic carbocycles. The smallest absolute Gasteiger partial charge is 0.129 e. The third-order valence-corrected chi connectivity index (χ3v) is 6.72. The van der Waals surface area contributed by atoms with Crippen LogP contribution in [0.25, 0.3) is 0 Å². The Hall–Kier alpha value is -1.93. The maximum Gasteiger partial charge on any atom is 0.129 e. The normalized spacial score (nSPS) is 18.5. The van der Waals surface area contributed by atoms with Crippen molar-refractivity contribution in [3.05, 3.63) is 65.0 Å². The number of nitrogens with zero attached hydrogens (tertiary/aromatic N) is 2. The fraction of sp³-hybridized carbons (Fsp3) is 0.480. The lowest BCUT2D eigenvalue weighted by Crippen LogP contribution is -2.63. The van der Waals surface area contributed by atoms with Gasteiger partial charge in [-0.2, -0.15) is 0 Å². The number of benzene rings is 1. The van der Waals surface area contributed by atoms with Gasteiger partial charge in [-0.25, -0.2) is 0 Å². The topological polar surface area (TPSA) is 36.4 Å². The Kier molecular flexibility index (Phi) is 5.79. The van der Waals surface area contributed by atoms with Crippen LogP contribution in [-0.2, 0) is 5.60 Å². The summed E-state index contributed by atoms with van der Waals surface area (Å²) >= 11 is 0. The molecule has 0 amide bonds. The van der Waals surface area contributed by atoms with Gasteiger partial charge in [0.15, 0.2) is 0 Å². The number of likely N-dealkylation sites (tertiary alicyclic amines) is 1. The van der Waals surface area contributed by atoms with Crippen molar-refractivity contribution in [1.29, 1.82) is 0 Å². The first-order chi connectivity index (χ1) is 13.4. The first-order valence-corrected chi connectivity index (χ1v) is 13.9. The van der Waals surface area contributed by atoms with E-state index in [-0.39, 0.29) is 5.41 Å². The zero-order valence-electron chi connectivity index (χ0n) is 18.9. The Morgan fingerprint density at radius 3 is 2.24 bits per heavy atom. The third kappa shape index (κ3) is 4.33. The zero-order valence-corrected chi connectivity index (χ0v) is 19.9. The monoisotopic (exact) mass is 406 g/mol. The molecule has 2 heterocycles. The first-order valence-electron chi connectivity index (χ1n) is 10.4. The zero-order chi connectivity index (χ0) is 21.4. The van der Waals surface area contributed by atoms with Gasteiger partial charge < -0.3 is 10.0 Å². The van der Waals surface area contributed by atoms with E-state index in [0.29, 0.717) is 5.92 Å². The van der Waals surface area contributed by atoms with Crippen LogP contribution in [0.1, 0.15) is 48.9 Å². The van der Waals surface area contributed by atoms with Crippen molar-refractivity contribution in [3.8, 4) is 11.5 Å². The number of hydrogen-bond donors (Lipinski definition) is 1. The van der Waals surface area contributed by atoms with Crippen molar-refractivity contribution in [2.75, 3.05) is 20.1 Å². The van der Waals surface area contributed by atoms with Crippen LogP contribution in [0.3, 0.4) is 0 Å². The molecule has 1 atom stereocenters. The summed E-state index contributed by atoms with van der Waals surface area (Å²) in [6.07, 6.45) is 3.60. The molecular weight excluding hydrogens is 372 g/mol. The van der Waals surface area contributed by atoms with E-state index in [4.69, 9.17) is 0 Å². The first kappa shape index (κ1) is 21.8. The average molecular weight is 407 g/mol. The van der Waals surface area contributed by atoms with Gasteiger partial charge in [0, 0.05) is 42.0 Å². The molecule has 1 aromatic heterocycles. The van der Waals surface area contributed by atoms with E-state index in [1.54, 1.807) is 12.4 Å². The van der Waals surface area contributed by atoms with Gasteiger partial charge in [-0.15, -0.1) is 5.54 Å². The molecule has 3 rings (SSSR count). The Morgan fingerprint density at radius 2 is 1.72 bits per heavy atom. The molecule has 2 aromatic rings. The van der Waals surface area contributed by atoms with Crippen molar-refractivity contribution < 1.29 is 5.11 Å². The molecule has 4 heteroatoms. The van der Waals surface area contributed by atoms with Crippen molar-refractivity contribution in [2.45, 2.75) is 51.9 Å². The van der Waals surface area contributed by atoms with Gasteiger partial charge >= 0.3 is 0 Å². The van der Waals surface area contributed by atoms with Crippen LogP contribution in [0.4, 0.5) is 0 Å². The predicted molar refractivity (Wildman–Crippen MR) is 124 cm³/mol. The molecule has 1 aliphatic rings. The second-order valence-corrected chi connectivity index (χ2v) is 14.9. The summed E-state index contributed by atoms with van der Waals surface area (Å²) in [4.78, 5) is 6.70. The fourth-order valence-corrected chi connectivity index (χ4v) is 4.83. The van der Waals surface area contributed by atoms with Crippen LogP contribution in [0.5, 0.6) is 0 Å². The summed E-state index contributed by atoms with van der Waals surface area (Å²) in [5.74, 6) is 3.76. The quantitative estimate of drug-likeness (QED) is 0.594. The van der Waals surface area contributed by atoms with Crippen molar-refractivity contribution >= 4 is 8.07 Å². The highest BCUT2D eigenvalue weighted by Crippen LogP contribution is 2.50. The Morgan fingerprint density at radius 1 is 1.10 bits per heavy atom. The molecular formula is C25H34N2OSi. The van der Waals surface area contributed by atoms with Crippen LogP contribution >= 0.6 is 0 Å². The Balaban J connectivity index is 2.11. The number of hydrogen-bond acceptors (Lipinski definition) is 3. The van der Waals surface area contributed by atoms with Gasteiger partial charge in [0.25, 0.3) is 0 Å². The minimum atomic E-state index is -1.48. The Bertz CT molecular complexity index is 928. The molecule has 1 fully saturated rings. The molecule has 1 unspecified atom stereocenters. The fourth-order valence-electron chi connectivity index (χ4n) is 4.31. The SMILES string of the molecule is CC(C)c1ccc(C(O)(c2cncc(C#C[Si](C)(C)C)c2)C2(C)CN(C)C2)cc1. The van der Waals surface area contributed by atoms with Gasteiger partial charge in [0.1, 0.15) is 13.7 Å². The van der Waals surface area contributed by atoms with Crippen molar-refractivity contribution in [2.24, 2.45) is 5.41 Å². The highest BCUT2D eigenvalue weighted by atomic mass is 28.3. The largest absolute Gasteiger partial charge is 0.380 e. The maximum atomic E-state index is 12.2. The number of aromatic nitrogens is 1. The lowest BCUT2D eigenvalue weighted by molar-refractivity contribution is -0.127. The molecule has 154 valence electrons. The lowest BCUT2D eigenvalue weighted by atomic mass is 9.62. The van der Waals surface area contributed by atoms with E-state index in [1.807, 2.05) is 6.07 Å². The summed E-state index contributed by atoms with van der Waals surface area (Å²) in [6, 6.07) is 10.5.